The Morgan fingerprint density at radius 2 is 2.25 bits per heavy atom. The van der Waals surface area contributed by atoms with Crippen LogP contribution in [0.5, 0.6) is 0 Å². The fraction of sp³-hybridized carbons (Fsp3) is 0.222. The Labute approximate surface area is 91.1 Å². The molecule has 0 amide bonds. The van der Waals surface area contributed by atoms with E-state index in [4.69, 9.17) is 0 Å². The van der Waals surface area contributed by atoms with Crippen LogP contribution in [0.3, 0.4) is 0 Å². The lowest BCUT2D eigenvalue weighted by atomic mass is 10.0. The molecule has 12 heavy (non-hydrogen) atoms. The number of benzene rings is 1. The van der Waals surface area contributed by atoms with Crippen molar-refractivity contribution in [3.8, 4) is 0 Å². The number of hydrogen-bond acceptors (Lipinski definition) is 2. The molecule has 0 spiro atoms. The SMILES string of the molecule is CC(C=O)c1cc(I)ccc1S. The van der Waals surface area contributed by atoms with Gasteiger partial charge >= 0.3 is 0 Å². The standard InChI is InChI=1S/C9H9IOS/c1-6(5-11)8-4-7(10)2-3-9(8)12/h2-6,12H,1H3. The highest BCUT2D eigenvalue weighted by molar-refractivity contribution is 14.1. The first-order valence-electron chi connectivity index (χ1n) is 3.59. The monoisotopic (exact) mass is 292 g/mol. The normalized spacial score (nSPS) is 12.6. The molecule has 0 bridgehead atoms. The number of rotatable bonds is 2. The summed E-state index contributed by atoms with van der Waals surface area (Å²) in [6.45, 7) is 1.87. The second kappa shape index (κ2) is 4.28. The molecule has 64 valence electrons. The molecule has 0 radical (unpaired) electrons. The van der Waals surface area contributed by atoms with Crippen molar-refractivity contribution in [3.05, 3.63) is 27.3 Å². The van der Waals surface area contributed by atoms with Crippen LogP contribution in [0.2, 0.25) is 0 Å². The molecular weight excluding hydrogens is 283 g/mol. The minimum Gasteiger partial charge on any atom is -0.303 e. The van der Waals surface area contributed by atoms with Crippen LogP contribution in [0.25, 0.3) is 0 Å². The van der Waals surface area contributed by atoms with E-state index in [1.165, 1.54) is 0 Å². The molecule has 1 aromatic carbocycles. The van der Waals surface area contributed by atoms with Crippen LogP contribution in [0.4, 0.5) is 0 Å². The van der Waals surface area contributed by atoms with Crippen molar-refractivity contribution < 1.29 is 4.79 Å². The number of aldehydes is 1. The van der Waals surface area contributed by atoms with Gasteiger partial charge in [-0.25, -0.2) is 0 Å². The Kier molecular flexibility index (Phi) is 3.58. The molecule has 1 rings (SSSR count). The zero-order valence-corrected chi connectivity index (χ0v) is 9.67. The molecule has 3 heteroatoms. The van der Waals surface area contributed by atoms with Crippen LogP contribution in [0, 0.1) is 3.57 Å². The predicted octanol–water partition coefficient (Wildman–Crippen LogP) is 2.88. The first kappa shape index (κ1) is 10.1. The first-order chi connectivity index (χ1) is 5.65. The maximum absolute atomic E-state index is 10.5. The number of hydrogen-bond donors (Lipinski definition) is 1. The smallest absolute Gasteiger partial charge is 0.127 e. The fourth-order valence-electron chi connectivity index (χ4n) is 0.963. The van der Waals surface area contributed by atoms with E-state index >= 15 is 0 Å². The molecule has 0 heterocycles. The van der Waals surface area contributed by atoms with Gasteiger partial charge in [0.25, 0.3) is 0 Å². The minimum absolute atomic E-state index is 0.0628. The molecule has 0 saturated carbocycles. The summed E-state index contributed by atoms with van der Waals surface area (Å²) >= 11 is 6.50. The van der Waals surface area contributed by atoms with Crippen LogP contribution in [-0.2, 0) is 4.79 Å². The van der Waals surface area contributed by atoms with Crippen LogP contribution >= 0.6 is 35.2 Å². The molecule has 1 aromatic rings. The average Bonchev–Trinajstić information content (AvgIpc) is 2.08. The van der Waals surface area contributed by atoms with Gasteiger partial charge in [-0.1, -0.05) is 6.92 Å². The molecule has 0 aromatic heterocycles. The van der Waals surface area contributed by atoms with Gasteiger partial charge in [0.2, 0.25) is 0 Å². The summed E-state index contributed by atoms with van der Waals surface area (Å²) in [6.07, 6.45) is 0.936. The summed E-state index contributed by atoms with van der Waals surface area (Å²) in [5.74, 6) is -0.0628. The Hall–Kier alpha value is -0.0300. The van der Waals surface area contributed by atoms with Crippen molar-refractivity contribution >= 4 is 41.5 Å². The maximum Gasteiger partial charge on any atom is 0.127 e. The molecule has 1 nitrogen and oxygen atoms in total. The van der Waals surface area contributed by atoms with Gasteiger partial charge in [0.1, 0.15) is 6.29 Å². The van der Waals surface area contributed by atoms with Gasteiger partial charge < -0.3 is 4.79 Å². The highest BCUT2D eigenvalue weighted by Crippen LogP contribution is 2.23. The zero-order chi connectivity index (χ0) is 9.14. The Morgan fingerprint density at radius 3 is 2.83 bits per heavy atom. The molecule has 1 atom stereocenters. The molecule has 0 saturated heterocycles. The largest absolute Gasteiger partial charge is 0.303 e. The number of carbonyl (C=O) groups excluding carboxylic acids is 1. The summed E-state index contributed by atoms with van der Waals surface area (Å²) in [4.78, 5) is 11.4. The fourth-order valence-corrected chi connectivity index (χ4v) is 1.82. The second-order valence-corrected chi connectivity index (χ2v) is 4.36. The van der Waals surface area contributed by atoms with Gasteiger partial charge in [-0.3, -0.25) is 0 Å². The van der Waals surface area contributed by atoms with Gasteiger partial charge in [0, 0.05) is 14.4 Å². The van der Waals surface area contributed by atoms with Gasteiger partial charge in [-0.15, -0.1) is 12.6 Å². The van der Waals surface area contributed by atoms with E-state index in [1.54, 1.807) is 0 Å². The third-order valence-corrected chi connectivity index (χ3v) is 2.76. The van der Waals surface area contributed by atoms with Gasteiger partial charge in [-0.05, 0) is 46.4 Å². The van der Waals surface area contributed by atoms with E-state index in [0.29, 0.717) is 0 Å². The number of halogens is 1. The van der Waals surface area contributed by atoms with Gasteiger partial charge in [0.05, 0.1) is 0 Å². The average molecular weight is 292 g/mol. The van der Waals surface area contributed by atoms with E-state index in [2.05, 4.69) is 35.2 Å². The quantitative estimate of drug-likeness (QED) is 0.504. The van der Waals surface area contributed by atoms with Crippen molar-refractivity contribution in [2.75, 3.05) is 0 Å². The summed E-state index contributed by atoms with van der Waals surface area (Å²) < 4.78 is 1.13. The summed E-state index contributed by atoms with van der Waals surface area (Å²) in [5.41, 5.74) is 1.00. The lowest BCUT2D eigenvalue weighted by Crippen LogP contribution is -1.96. The van der Waals surface area contributed by atoms with Crippen molar-refractivity contribution in [2.45, 2.75) is 17.7 Å². The van der Waals surface area contributed by atoms with E-state index < -0.39 is 0 Å². The molecule has 0 aliphatic heterocycles. The predicted molar refractivity (Wildman–Crippen MR) is 60.9 cm³/mol. The third kappa shape index (κ3) is 2.23. The lowest BCUT2D eigenvalue weighted by Gasteiger charge is -2.07. The maximum atomic E-state index is 10.5. The van der Waals surface area contributed by atoms with Crippen molar-refractivity contribution in [1.82, 2.24) is 0 Å². The van der Waals surface area contributed by atoms with E-state index in [0.717, 1.165) is 20.3 Å². The number of carbonyl (C=O) groups is 1. The highest BCUT2D eigenvalue weighted by atomic mass is 127. The first-order valence-corrected chi connectivity index (χ1v) is 5.11. The lowest BCUT2D eigenvalue weighted by molar-refractivity contribution is -0.108. The Bertz CT molecular complexity index is 299. The molecule has 0 aliphatic carbocycles. The summed E-state index contributed by atoms with van der Waals surface area (Å²) in [5, 5.41) is 0. The van der Waals surface area contributed by atoms with Crippen molar-refractivity contribution in [2.24, 2.45) is 0 Å². The summed E-state index contributed by atoms with van der Waals surface area (Å²) in [7, 11) is 0. The van der Waals surface area contributed by atoms with Crippen LogP contribution in [-0.4, -0.2) is 6.29 Å². The van der Waals surface area contributed by atoms with E-state index in [1.807, 2.05) is 25.1 Å². The van der Waals surface area contributed by atoms with Crippen molar-refractivity contribution in [1.29, 1.82) is 0 Å². The molecular formula is C9H9IOS. The van der Waals surface area contributed by atoms with Crippen LogP contribution in [0.15, 0.2) is 23.1 Å². The van der Waals surface area contributed by atoms with E-state index in [-0.39, 0.29) is 5.92 Å². The molecule has 1 unspecified atom stereocenters. The molecule has 0 aliphatic rings. The molecule has 0 fully saturated rings. The van der Waals surface area contributed by atoms with Gasteiger partial charge in [-0.2, -0.15) is 0 Å². The van der Waals surface area contributed by atoms with Crippen LogP contribution in [0.1, 0.15) is 18.4 Å². The second-order valence-electron chi connectivity index (χ2n) is 2.63. The third-order valence-electron chi connectivity index (χ3n) is 1.68. The highest BCUT2D eigenvalue weighted by Gasteiger charge is 2.07. The van der Waals surface area contributed by atoms with Gasteiger partial charge in [0.15, 0.2) is 0 Å². The topological polar surface area (TPSA) is 17.1 Å². The molecule has 0 N–H and O–H groups in total. The minimum atomic E-state index is -0.0628. The van der Waals surface area contributed by atoms with Crippen LogP contribution < -0.4 is 0 Å². The Balaban J connectivity index is 3.12. The Morgan fingerprint density at radius 1 is 1.58 bits per heavy atom. The van der Waals surface area contributed by atoms with Crippen molar-refractivity contribution in [3.63, 3.8) is 0 Å². The zero-order valence-electron chi connectivity index (χ0n) is 6.62. The summed E-state index contributed by atoms with van der Waals surface area (Å²) in [6, 6.07) is 5.88. The van der Waals surface area contributed by atoms with E-state index in [9.17, 15) is 4.79 Å². The number of thiol groups is 1.